The van der Waals surface area contributed by atoms with Crippen molar-refractivity contribution in [2.45, 2.75) is 43.2 Å². The van der Waals surface area contributed by atoms with E-state index < -0.39 is 49.2 Å². The molecule has 0 aliphatic carbocycles. The lowest BCUT2D eigenvalue weighted by Gasteiger charge is -2.39. The monoisotopic (exact) mass is 448 g/mol. The first-order valence-electron chi connectivity index (χ1n) is 10.0. The van der Waals surface area contributed by atoms with E-state index in [1.807, 2.05) is 30.3 Å². The largest absolute Gasteiger partial charge is 0.502 e. The van der Waals surface area contributed by atoms with Gasteiger partial charge in [0.2, 0.25) is 12.0 Å². The maximum absolute atomic E-state index is 12.9. The second-order valence-electron chi connectivity index (χ2n) is 7.59. The van der Waals surface area contributed by atoms with E-state index in [-0.39, 0.29) is 35.0 Å². The molecule has 1 saturated heterocycles. The minimum atomic E-state index is -1.69. The van der Waals surface area contributed by atoms with Gasteiger partial charge < -0.3 is 44.5 Å². The number of hydrogen-bond donors (Lipinski definition) is 5. The third-order valence-electron chi connectivity index (χ3n) is 5.57. The Morgan fingerprint density at radius 2 is 1.81 bits per heavy atom. The van der Waals surface area contributed by atoms with Crippen LogP contribution in [-0.2, 0) is 4.74 Å². The van der Waals surface area contributed by atoms with Crippen LogP contribution >= 0.6 is 0 Å². The van der Waals surface area contributed by atoms with Crippen LogP contribution in [0.4, 0.5) is 0 Å². The van der Waals surface area contributed by atoms with E-state index in [4.69, 9.17) is 18.9 Å². The fraction of sp³-hybridized carbons (Fsp3) is 0.409. The summed E-state index contributed by atoms with van der Waals surface area (Å²) in [5, 5.41) is 50.1. The Morgan fingerprint density at radius 1 is 1.09 bits per heavy atom. The van der Waals surface area contributed by atoms with Crippen LogP contribution in [0.3, 0.4) is 0 Å². The summed E-state index contributed by atoms with van der Waals surface area (Å²) in [6.07, 6.45) is -8.16. The highest BCUT2D eigenvalue weighted by molar-refractivity contribution is 6.03. The highest BCUT2D eigenvalue weighted by Gasteiger charge is 2.45. The molecule has 32 heavy (non-hydrogen) atoms. The Balaban J connectivity index is 1.68. The van der Waals surface area contributed by atoms with Gasteiger partial charge in [-0.25, -0.2) is 0 Å². The van der Waals surface area contributed by atoms with Gasteiger partial charge in [-0.2, -0.15) is 0 Å². The lowest BCUT2D eigenvalue weighted by atomic mass is 9.95. The van der Waals surface area contributed by atoms with Crippen LogP contribution in [0.1, 0.15) is 28.4 Å². The predicted octanol–water partition coefficient (Wildman–Crippen LogP) is 0.286. The van der Waals surface area contributed by atoms with E-state index in [9.17, 15) is 30.3 Å². The molecule has 0 amide bonds. The van der Waals surface area contributed by atoms with Crippen molar-refractivity contribution < 1.29 is 49.3 Å². The first kappa shape index (κ1) is 22.3. The molecule has 0 aromatic heterocycles. The molecule has 10 nitrogen and oxygen atoms in total. The third kappa shape index (κ3) is 3.87. The summed E-state index contributed by atoms with van der Waals surface area (Å²) in [5.41, 5.74) is 0.841. The van der Waals surface area contributed by atoms with E-state index in [0.29, 0.717) is 0 Å². The molecule has 2 aromatic rings. The van der Waals surface area contributed by atoms with Crippen molar-refractivity contribution in [2.24, 2.45) is 0 Å². The molecule has 2 heterocycles. The van der Waals surface area contributed by atoms with Gasteiger partial charge in [-0.1, -0.05) is 30.3 Å². The maximum atomic E-state index is 12.9. The van der Waals surface area contributed by atoms with Crippen LogP contribution in [0.25, 0.3) is 0 Å². The first-order chi connectivity index (χ1) is 15.3. The fourth-order valence-corrected chi connectivity index (χ4v) is 3.86. The standard InChI is InChI=1S/C22H24O10/c1-29-21-16-11(24)7-12(10-5-3-2-4-6-10)30-13(16)8-14(18(21)26)31-22-20(28)19(27)17(25)15(9-23)32-22/h2-6,8,12,15,17,19-20,22-23,25-28H,7,9H2,1H3/t12-,15+,17+,19-,20+,22+/m0/s1. The number of carbonyl (C=O) groups is 1. The Bertz CT molecular complexity index is 976. The normalized spacial score (nSPS) is 29.7. The second kappa shape index (κ2) is 8.93. The summed E-state index contributed by atoms with van der Waals surface area (Å²) in [6, 6.07) is 10.4. The zero-order chi connectivity index (χ0) is 23.0. The van der Waals surface area contributed by atoms with Crippen molar-refractivity contribution >= 4 is 5.78 Å². The molecule has 2 aromatic carbocycles. The number of rotatable bonds is 5. The Hall–Kier alpha value is -2.89. The number of phenols is 1. The van der Waals surface area contributed by atoms with E-state index in [1.54, 1.807) is 0 Å². The summed E-state index contributed by atoms with van der Waals surface area (Å²) >= 11 is 0. The summed E-state index contributed by atoms with van der Waals surface area (Å²) in [7, 11) is 1.27. The molecule has 0 radical (unpaired) electrons. The zero-order valence-corrected chi connectivity index (χ0v) is 17.1. The number of benzene rings is 2. The van der Waals surface area contributed by atoms with Crippen LogP contribution in [0, 0.1) is 0 Å². The van der Waals surface area contributed by atoms with Crippen molar-refractivity contribution in [3.8, 4) is 23.0 Å². The number of aromatic hydroxyl groups is 1. The number of aliphatic hydroxyl groups excluding tert-OH is 4. The molecule has 4 rings (SSSR count). The summed E-state index contributed by atoms with van der Waals surface area (Å²) in [4.78, 5) is 12.9. The van der Waals surface area contributed by atoms with Gasteiger partial charge in [0.05, 0.1) is 20.1 Å². The second-order valence-corrected chi connectivity index (χ2v) is 7.59. The van der Waals surface area contributed by atoms with Crippen LogP contribution in [0.5, 0.6) is 23.0 Å². The van der Waals surface area contributed by atoms with Gasteiger partial charge in [0.25, 0.3) is 0 Å². The van der Waals surface area contributed by atoms with Gasteiger partial charge in [-0.3, -0.25) is 4.79 Å². The zero-order valence-electron chi connectivity index (χ0n) is 17.1. The Morgan fingerprint density at radius 3 is 2.47 bits per heavy atom. The smallest absolute Gasteiger partial charge is 0.229 e. The highest BCUT2D eigenvalue weighted by Crippen LogP contribution is 2.49. The third-order valence-corrected chi connectivity index (χ3v) is 5.57. The van der Waals surface area contributed by atoms with E-state index >= 15 is 0 Å². The van der Waals surface area contributed by atoms with Crippen molar-refractivity contribution in [2.75, 3.05) is 13.7 Å². The molecule has 0 spiro atoms. The number of ketones is 1. The highest BCUT2D eigenvalue weighted by atomic mass is 16.7. The molecule has 2 aliphatic rings. The van der Waals surface area contributed by atoms with E-state index in [0.717, 1.165) is 5.56 Å². The number of phenolic OH excluding ortho intramolecular Hbond substituents is 1. The molecule has 1 fully saturated rings. The molecule has 0 unspecified atom stereocenters. The predicted molar refractivity (Wildman–Crippen MR) is 108 cm³/mol. The Kier molecular flexibility index (Phi) is 6.22. The van der Waals surface area contributed by atoms with Gasteiger partial charge >= 0.3 is 0 Å². The SMILES string of the molecule is COc1c(O)c(O[C@@H]2O[C@H](CO)[C@@H](O)[C@H](O)[C@H]2O)cc2c1C(=O)C[C@@H](c1ccccc1)O2. The number of carbonyl (C=O) groups excluding carboxylic acids is 1. The molecular formula is C22H24O10. The lowest BCUT2D eigenvalue weighted by Crippen LogP contribution is -2.60. The minimum Gasteiger partial charge on any atom is -0.502 e. The van der Waals surface area contributed by atoms with Crippen molar-refractivity contribution in [1.29, 1.82) is 0 Å². The van der Waals surface area contributed by atoms with Crippen molar-refractivity contribution in [3.63, 3.8) is 0 Å². The number of Topliss-reactive ketones (excluding diaryl/α,β-unsaturated/α-hetero) is 1. The van der Waals surface area contributed by atoms with Crippen molar-refractivity contribution in [1.82, 2.24) is 0 Å². The number of methoxy groups -OCH3 is 1. The lowest BCUT2D eigenvalue weighted by molar-refractivity contribution is -0.277. The molecular weight excluding hydrogens is 424 g/mol. The first-order valence-corrected chi connectivity index (χ1v) is 10.0. The number of ether oxygens (including phenoxy) is 4. The Labute approximate surface area is 183 Å². The topological polar surface area (TPSA) is 155 Å². The fourth-order valence-electron chi connectivity index (χ4n) is 3.86. The minimum absolute atomic E-state index is 0.0414. The van der Waals surface area contributed by atoms with Crippen LogP contribution < -0.4 is 14.2 Å². The number of fused-ring (bicyclic) bond motifs is 1. The average molecular weight is 448 g/mol. The van der Waals surface area contributed by atoms with Crippen LogP contribution in [0.2, 0.25) is 0 Å². The quantitative estimate of drug-likeness (QED) is 0.431. The molecule has 10 heteroatoms. The average Bonchev–Trinajstić information content (AvgIpc) is 2.80. The summed E-state index contributed by atoms with van der Waals surface area (Å²) < 4.78 is 22.1. The van der Waals surface area contributed by atoms with Gasteiger partial charge in [-0.05, 0) is 5.56 Å². The summed E-state index contributed by atoms with van der Waals surface area (Å²) in [6.45, 7) is -0.638. The molecule has 2 aliphatic heterocycles. The van der Waals surface area contributed by atoms with Crippen LogP contribution in [0.15, 0.2) is 36.4 Å². The van der Waals surface area contributed by atoms with Crippen molar-refractivity contribution in [3.05, 3.63) is 47.5 Å². The molecule has 0 bridgehead atoms. The van der Waals surface area contributed by atoms with Gasteiger partial charge in [-0.15, -0.1) is 0 Å². The maximum Gasteiger partial charge on any atom is 0.229 e. The van der Waals surface area contributed by atoms with Gasteiger partial charge in [0.1, 0.15) is 41.8 Å². The molecule has 5 N–H and O–H groups in total. The van der Waals surface area contributed by atoms with E-state index in [2.05, 4.69) is 0 Å². The molecule has 0 saturated carbocycles. The summed E-state index contributed by atoms with van der Waals surface area (Å²) in [5.74, 6) is -1.14. The molecule has 6 atom stereocenters. The van der Waals surface area contributed by atoms with E-state index in [1.165, 1.54) is 13.2 Å². The van der Waals surface area contributed by atoms with Crippen LogP contribution in [-0.4, -0.2) is 75.7 Å². The van der Waals surface area contributed by atoms with Gasteiger partial charge in [0.15, 0.2) is 17.3 Å². The van der Waals surface area contributed by atoms with Gasteiger partial charge in [0, 0.05) is 6.07 Å². The molecule has 172 valence electrons. The number of aliphatic hydroxyl groups is 4. The number of hydrogen-bond acceptors (Lipinski definition) is 10.